The lowest BCUT2D eigenvalue weighted by Crippen LogP contribution is -2.01. The molecule has 0 saturated carbocycles. The van der Waals surface area contributed by atoms with Crippen molar-refractivity contribution in [3.8, 4) is 0 Å². The fourth-order valence-corrected chi connectivity index (χ4v) is 1.36. The molecule has 0 radical (unpaired) electrons. The first-order chi connectivity index (χ1) is 7.24. The lowest BCUT2D eigenvalue weighted by molar-refractivity contribution is -0.382. The van der Waals surface area contributed by atoms with Gasteiger partial charge >= 0.3 is 5.69 Å². The summed E-state index contributed by atoms with van der Waals surface area (Å²) in [5.41, 5.74) is 0.864. The quantitative estimate of drug-likeness (QED) is 0.607. The second kappa shape index (κ2) is 3.52. The Morgan fingerprint density at radius 1 is 1.53 bits per heavy atom. The third kappa shape index (κ3) is 1.47. The molecule has 1 aromatic carbocycles. The van der Waals surface area contributed by atoms with Crippen molar-refractivity contribution in [2.45, 2.75) is 6.92 Å². The molecule has 0 unspecified atom stereocenters. The Morgan fingerprint density at radius 2 is 2.33 bits per heavy atom. The fraction of sp³-hybridized carbons (Fsp3) is 0.250. The zero-order valence-electron chi connectivity index (χ0n) is 7.93. The van der Waals surface area contributed by atoms with Crippen molar-refractivity contribution in [1.82, 2.24) is 10.3 Å². The number of benzene rings is 1. The Hall–Kier alpha value is -2.18. The summed E-state index contributed by atoms with van der Waals surface area (Å²) in [5, 5.41) is 20.8. The summed E-state index contributed by atoms with van der Waals surface area (Å²) in [6, 6.07) is 3.21. The maximum Gasteiger partial charge on any atom is 0.323 e. The zero-order chi connectivity index (χ0) is 10.8. The number of nitro groups is 1. The van der Waals surface area contributed by atoms with E-state index in [-0.39, 0.29) is 11.2 Å². The van der Waals surface area contributed by atoms with Crippen LogP contribution in [0.4, 0.5) is 11.4 Å². The van der Waals surface area contributed by atoms with E-state index in [1.54, 1.807) is 12.1 Å². The van der Waals surface area contributed by atoms with Gasteiger partial charge in [0.15, 0.2) is 0 Å². The lowest BCUT2D eigenvalue weighted by atomic mass is 10.2. The monoisotopic (exact) mass is 208 g/mol. The minimum Gasteiger partial charge on any atom is -0.380 e. The molecule has 0 aliphatic heterocycles. The largest absolute Gasteiger partial charge is 0.380 e. The minimum absolute atomic E-state index is 0.101. The average Bonchev–Trinajstić information content (AvgIpc) is 2.64. The van der Waals surface area contributed by atoms with Gasteiger partial charge in [0.25, 0.3) is 0 Å². The maximum atomic E-state index is 10.9. The molecule has 1 heterocycles. The second-order valence-electron chi connectivity index (χ2n) is 2.88. The molecular weight excluding hydrogens is 200 g/mol. The van der Waals surface area contributed by atoms with E-state index >= 15 is 0 Å². The van der Waals surface area contributed by atoms with Crippen LogP contribution in [0.15, 0.2) is 16.8 Å². The van der Waals surface area contributed by atoms with Gasteiger partial charge in [-0.2, -0.15) is 0 Å². The highest BCUT2D eigenvalue weighted by molar-refractivity contribution is 5.90. The predicted octanol–water partition coefficient (Wildman–Crippen LogP) is 1.56. The van der Waals surface area contributed by atoms with Gasteiger partial charge in [-0.1, -0.05) is 0 Å². The third-order valence-corrected chi connectivity index (χ3v) is 1.95. The van der Waals surface area contributed by atoms with E-state index in [0.717, 1.165) is 0 Å². The number of fused-ring (bicyclic) bond motifs is 1. The molecule has 0 fully saturated rings. The summed E-state index contributed by atoms with van der Waals surface area (Å²) in [7, 11) is 0. The van der Waals surface area contributed by atoms with Gasteiger partial charge in [0.1, 0.15) is 11.2 Å². The maximum absolute atomic E-state index is 10.9. The number of hydrogen-bond acceptors (Lipinski definition) is 6. The second-order valence-corrected chi connectivity index (χ2v) is 2.88. The average molecular weight is 208 g/mol. The topological polar surface area (TPSA) is 94.1 Å². The Labute approximate surface area is 84.2 Å². The molecule has 1 N–H and O–H groups in total. The van der Waals surface area contributed by atoms with Crippen LogP contribution in [0.5, 0.6) is 0 Å². The molecule has 0 aliphatic rings. The number of nitrogens with zero attached hydrogens (tertiary/aromatic N) is 3. The molecule has 0 bridgehead atoms. The van der Waals surface area contributed by atoms with Crippen LogP contribution in [0.2, 0.25) is 0 Å². The van der Waals surface area contributed by atoms with Crippen molar-refractivity contribution in [2.24, 2.45) is 0 Å². The summed E-state index contributed by atoms with van der Waals surface area (Å²) in [6.45, 7) is 2.45. The fourth-order valence-electron chi connectivity index (χ4n) is 1.36. The standard InChI is InChI=1S/C8H8N4O3/c1-2-9-6-4-3-5-7(11-15-10-5)8(6)12(13)14/h3-4,9H,2H2,1H3. The molecule has 0 atom stereocenters. The van der Waals surface area contributed by atoms with Crippen LogP contribution in [0, 0.1) is 10.1 Å². The molecule has 2 rings (SSSR count). The highest BCUT2D eigenvalue weighted by Gasteiger charge is 2.21. The van der Waals surface area contributed by atoms with Gasteiger partial charge in [0.05, 0.1) is 4.92 Å². The number of nitrogens with one attached hydrogen (secondary N) is 1. The first-order valence-electron chi connectivity index (χ1n) is 4.37. The number of anilines is 1. The zero-order valence-corrected chi connectivity index (χ0v) is 7.93. The van der Waals surface area contributed by atoms with E-state index in [2.05, 4.69) is 20.3 Å². The molecule has 1 aromatic heterocycles. The van der Waals surface area contributed by atoms with Gasteiger partial charge < -0.3 is 5.32 Å². The molecule has 0 aliphatic carbocycles. The van der Waals surface area contributed by atoms with E-state index < -0.39 is 4.92 Å². The molecule has 0 amide bonds. The molecule has 15 heavy (non-hydrogen) atoms. The van der Waals surface area contributed by atoms with Crippen molar-refractivity contribution < 1.29 is 9.55 Å². The van der Waals surface area contributed by atoms with Crippen molar-refractivity contribution in [3.63, 3.8) is 0 Å². The summed E-state index contributed by atoms with van der Waals surface area (Å²) in [4.78, 5) is 10.4. The number of nitro benzene ring substituents is 1. The molecule has 7 heteroatoms. The van der Waals surface area contributed by atoms with E-state index in [1.807, 2.05) is 6.92 Å². The first kappa shape index (κ1) is 9.38. The Bertz CT molecular complexity index is 508. The van der Waals surface area contributed by atoms with Gasteiger partial charge in [-0.3, -0.25) is 10.1 Å². The Balaban J connectivity index is 2.69. The molecule has 0 spiro atoms. The van der Waals surface area contributed by atoms with E-state index in [9.17, 15) is 10.1 Å². The van der Waals surface area contributed by atoms with Gasteiger partial charge in [-0.05, 0) is 29.4 Å². The van der Waals surface area contributed by atoms with Crippen LogP contribution < -0.4 is 5.32 Å². The van der Waals surface area contributed by atoms with Gasteiger partial charge in [-0.25, -0.2) is 4.63 Å². The summed E-state index contributed by atoms with van der Waals surface area (Å²) < 4.78 is 4.46. The Kier molecular flexibility index (Phi) is 2.20. The number of hydrogen-bond donors (Lipinski definition) is 1. The van der Waals surface area contributed by atoms with Crippen LogP contribution in [0.1, 0.15) is 6.92 Å². The van der Waals surface area contributed by atoms with Gasteiger partial charge in [0, 0.05) is 6.54 Å². The van der Waals surface area contributed by atoms with Crippen molar-refractivity contribution in [1.29, 1.82) is 0 Å². The van der Waals surface area contributed by atoms with Crippen LogP contribution in [0.25, 0.3) is 11.0 Å². The third-order valence-electron chi connectivity index (χ3n) is 1.95. The van der Waals surface area contributed by atoms with Crippen LogP contribution in [-0.2, 0) is 0 Å². The molecular formula is C8H8N4O3. The highest BCUT2D eigenvalue weighted by Crippen LogP contribution is 2.31. The minimum atomic E-state index is -0.496. The van der Waals surface area contributed by atoms with Crippen molar-refractivity contribution >= 4 is 22.4 Å². The van der Waals surface area contributed by atoms with Crippen LogP contribution in [0.3, 0.4) is 0 Å². The SMILES string of the molecule is CCNc1ccc2nonc2c1[N+](=O)[O-]. The lowest BCUT2D eigenvalue weighted by Gasteiger charge is -2.02. The normalized spacial score (nSPS) is 10.5. The van der Waals surface area contributed by atoms with Crippen LogP contribution >= 0.6 is 0 Å². The molecule has 2 aromatic rings. The summed E-state index contributed by atoms with van der Waals surface area (Å²) in [5.74, 6) is 0. The van der Waals surface area contributed by atoms with E-state index in [0.29, 0.717) is 17.7 Å². The van der Waals surface area contributed by atoms with Crippen LogP contribution in [-0.4, -0.2) is 21.8 Å². The van der Waals surface area contributed by atoms with Gasteiger partial charge in [-0.15, -0.1) is 0 Å². The highest BCUT2D eigenvalue weighted by atomic mass is 16.6. The molecule has 7 nitrogen and oxygen atoms in total. The molecule has 0 saturated heterocycles. The predicted molar refractivity (Wildman–Crippen MR) is 52.6 cm³/mol. The van der Waals surface area contributed by atoms with Crippen molar-refractivity contribution in [3.05, 3.63) is 22.2 Å². The smallest absolute Gasteiger partial charge is 0.323 e. The van der Waals surface area contributed by atoms with E-state index in [1.165, 1.54) is 0 Å². The van der Waals surface area contributed by atoms with E-state index in [4.69, 9.17) is 0 Å². The first-order valence-corrected chi connectivity index (χ1v) is 4.37. The number of aromatic nitrogens is 2. The van der Waals surface area contributed by atoms with Gasteiger partial charge in [0.2, 0.25) is 5.52 Å². The molecule has 78 valence electrons. The summed E-state index contributed by atoms with van der Waals surface area (Å²) in [6.07, 6.45) is 0. The Morgan fingerprint density at radius 3 is 3.00 bits per heavy atom. The van der Waals surface area contributed by atoms with Crippen molar-refractivity contribution in [2.75, 3.05) is 11.9 Å². The summed E-state index contributed by atoms with van der Waals surface area (Å²) >= 11 is 0. The number of rotatable bonds is 3.